The minimum Gasteiger partial charge on any atom is -0.496 e. The SMILES string of the molecule is COc1ccncc1CNC(=O)Nc1ccc2c(c1)C(=O)CC(C)(C)O2. The Kier molecular flexibility index (Phi) is 4.79. The normalized spacial score (nSPS) is 14.8. The van der Waals surface area contributed by atoms with Crippen LogP contribution >= 0.6 is 0 Å². The summed E-state index contributed by atoms with van der Waals surface area (Å²) in [7, 11) is 1.56. The summed E-state index contributed by atoms with van der Waals surface area (Å²) in [6.07, 6.45) is 3.56. The van der Waals surface area contributed by atoms with Crippen molar-refractivity contribution in [1.29, 1.82) is 0 Å². The fourth-order valence-electron chi connectivity index (χ4n) is 2.83. The van der Waals surface area contributed by atoms with Crippen molar-refractivity contribution in [3.8, 4) is 11.5 Å². The Balaban J connectivity index is 1.65. The molecule has 0 spiro atoms. The average molecular weight is 355 g/mol. The number of anilines is 1. The van der Waals surface area contributed by atoms with Crippen molar-refractivity contribution < 1.29 is 19.1 Å². The monoisotopic (exact) mass is 355 g/mol. The zero-order valence-corrected chi connectivity index (χ0v) is 15.0. The highest BCUT2D eigenvalue weighted by molar-refractivity contribution is 6.02. The number of aromatic nitrogens is 1. The summed E-state index contributed by atoms with van der Waals surface area (Å²) in [5, 5.41) is 5.46. The maximum absolute atomic E-state index is 12.3. The van der Waals surface area contributed by atoms with E-state index in [1.165, 1.54) is 0 Å². The number of urea groups is 1. The van der Waals surface area contributed by atoms with Crippen molar-refractivity contribution in [3.05, 3.63) is 47.8 Å². The molecule has 2 aromatic rings. The molecule has 0 radical (unpaired) electrons. The number of methoxy groups -OCH3 is 1. The first-order chi connectivity index (χ1) is 12.4. The van der Waals surface area contributed by atoms with E-state index in [0.29, 0.717) is 29.2 Å². The van der Waals surface area contributed by atoms with Crippen molar-refractivity contribution in [3.63, 3.8) is 0 Å². The molecule has 26 heavy (non-hydrogen) atoms. The Hall–Kier alpha value is -3.09. The van der Waals surface area contributed by atoms with E-state index in [1.807, 2.05) is 13.8 Å². The molecular weight excluding hydrogens is 334 g/mol. The number of nitrogens with one attached hydrogen (secondary N) is 2. The summed E-state index contributed by atoms with van der Waals surface area (Å²) in [5.41, 5.74) is 1.26. The molecule has 0 aliphatic carbocycles. The van der Waals surface area contributed by atoms with Crippen LogP contribution in [0.2, 0.25) is 0 Å². The van der Waals surface area contributed by atoms with Crippen LogP contribution in [0.15, 0.2) is 36.7 Å². The number of hydrogen-bond donors (Lipinski definition) is 2. The molecule has 0 saturated heterocycles. The molecule has 1 aromatic heterocycles. The predicted octanol–water partition coefficient (Wildman–Crippen LogP) is 3.16. The van der Waals surface area contributed by atoms with E-state index in [9.17, 15) is 9.59 Å². The lowest BCUT2D eigenvalue weighted by molar-refractivity contribution is 0.0620. The Labute approximate surface area is 151 Å². The number of ether oxygens (including phenoxy) is 2. The summed E-state index contributed by atoms with van der Waals surface area (Å²) in [5.74, 6) is 1.19. The molecule has 0 unspecified atom stereocenters. The quantitative estimate of drug-likeness (QED) is 0.879. The van der Waals surface area contributed by atoms with E-state index in [-0.39, 0.29) is 18.4 Å². The Morgan fingerprint density at radius 1 is 1.35 bits per heavy atom. The van der Waals surface area contributed by atoms with Gasteiger partial charge in [-0.3, -0.25) is 9.78 Å². The Morgan fingerprint density at radius 3 is 2.92 bits per heavy atom. The number of hydrogen-bond acceptors (Lipinski definition) is 5. The number of ketones is 1. The molecule has 0 fully saturated rings. The lowest BCUT2D eigenvalue weighted by Crippen LogP contribution is -2.36. The molecule has 136 valence electrons. The molecule has 7 heteroatoms. The van der Waals surface area contributed by atoms with Gasteiger partial charge >= 0.3 is 6.03 Å². The van der Waals surface area contributed by atoms with E-state index in [1.54, 1.807) is 43.8 Å². The van der Waals surface area contributed by atoms with Crippen molar-refractivity contribution in [2.75, 3.05) is 12.4 Å². The summed E-state index contributed by atoms with van der Waals surface area (Å²) < 4.78 is 11.0. The van der Waals surface area contributed by atoms with Gasteiger partial charge in [-0.05, 0) is 38.1 Å². The third kappa shape index (κ3) is 3.93. The lowest BCUT2D eigenvalue weighted by atomic mass is 9.93. The molecule has 2 amide bonds. The van der Waals surface area contributed by atoms with Crippen molar-refractivity contribution in [2.45, 2.75) is 32.4 Å². The maximum atomic E-state index is 12.3. The van der Waals surface area contributed by atoms with Crippen LogP contribution in [0.5, 0.6) is 11.5 Å². The van der Waals surface area contributed by atoms with Crippen LogP contribution < -0.4 is 20.1 Å². The molecule has 3 rings (SSSR count). The fraction of sp³-hybridized carbons (Fsp3) is 0.316. The van der Waals surface area contributed by atoms with Crippen LogP contribution in [0.4, 0.5) is 10.5 Å². The summed E-state index contributed by atoms with van der Waals surface area (Å²) >= 11 is 0. The smallest absolute Gasteiger partial charge is 0.319 e. The third-order valence-electron chi connectivity index (χ3n) is 4.03. The molecule has 0 atom stereocenters. The van der Waals surface area contributed by atoms with Crippen molar-refractivity contribution in [1.82, 2.24) is 10.3 Å². The Morgan fingerprint density at radius 2 is 2.15 bits per heavy atom. The van der Waals surface area contributed by atoms with Gasteiger partial charge in [0.25, 0.3) is 0 Å². The van der Waals surface area contributed by atoms with E-state index < -0.39 is 5.60 Å². The fourth-order valence-corrected chi connectivity index (χ4v) is 2.83. The predicted molar refractivity (Wildman–Crippen MR) is 96.7 cm³/mol. The summed E-state index contributed by atoms with van der Waals surface area (Å²) in [4.78, 5) is 28.5. The molecule has 1 aliphatic rings. The number of fused-ring (bicyclic) bond motifs is 1. The van der Waals surface area contributed by atoms with Gasteiger partial charge in [-0.1, -0.05) is 0 Å². The number of rotatable bonds is 4. The molecular formula is C19H21N3O4. The van der Waals surface area contributed by atoms with Crippen LogP contribution in [0.3, 0.4) is 0 Å². The molecule has 2 N–H and O–H groups in total. The number of pyridine rings is 1. The van der Waals surface area contributed by atoms with Crippen molar-refractivity contribution in [2.24, 2.45) is 0 Å². The minimum atomic E-state index is -0.515. The van der Waals surface area contributed by atoms with Gasteiger partial charge in [-0.25, -0.2) is 4.79 Å². The number of carbonyl (C=O) groups excluding carboxylic acids is 2. The highest BCUT2D eigenvalue weighted by atomic mass is 16.5. The first kappa shape index (κ1) is 17.7. The van der Waals surface area contributed by atoms with E-state index >= 15 is 0 Å². The van der Waals surface area contributed by atoms with Crippen LogP contribution in [0, 0.1) is 0 Å². The van der Waals surface area contributed by atoms with Crippen LogP contribution in [-0.2, 0) is 6.54 Å². The Bertz CT molecular complexity index is 848. The first-order valence-electron chi connectivity index (χ1n) is 8.26. The number of carbonyl (C=O) groups is 2. The number of amides is 2. The van der Waals surface area contributed by atoms with Crippen LogP contribution in [-0.4, -0.2) is 29.5 Å². The van der Waals surface area contributed by atoms with Gasteiger partial charge in [0.15, 0.2) is 5.78 Å². The van der Waals surface area contributed by atoms with E-state index in [2.05, 4.69) is 15.6 Å². The van der Waals surface area contributed by atoms with E-state index in [0.717, 1.165) is 5.56 Å². The van der Waals surface area contributed by atoms with Gasteiger partial charge in [0, 0.05) is 30.2 Å². The van der Waals surface area contributed by atoms with Gasteiger partial charge in [0.05, 0.1) is 19.1 Å². The number of Topliss-reactive ketones (excluding diaryl/α,β-unsaturated/α-hetero) is 1. The van der Waals surface area contributed by atoms with Gasteiger partial charge in [0.1, 0.15) is 17.1 Å². The highest BCUT2D eigenvalue weighted by Crippen LogP contribution is 2.34. The summed E-state index contributed by atoms with van der Waals surface area (Å²) in [6, 6.07) is 6.38. The van der Waals surface area contributed by atoms with Crippen molar-refractivity contribution >= 4 is 17.5 Å². The number of nitrogens with zero attached hydrogens (tertiary/aromatic N) is 1. The summed E-state index contributed by atoms with van der Waals surface area (Å²) in [6.45, 7) is 4.02. The number of benzene rings is 1. The highest BCUT2D eigenvalue weighted by Gasteiger charge is 2.32. The molecule has 1 aromatic carbocycles. The zero-order chi connectivity index (χ0) is 18.7. The second-order valence-corrected chi connectivity index (χ2v) is 6.67. The van der Waals surface area contributed by atoms with E-state index in [4.69, 9.17) is 9.47 Å². The molecule has 0 saturated carbocycles. The average Bonchev–Trinajstić information content (AvgIpc) is 2.60. The second-order valence-electron chi connectivity index (χ2n) is 6.67. The minimum absolute atomic E-state index is 0.000375. The molecule has 7 nitrogen and oxygen atoms in total. The molecule has 2 heterocycles. The van der Waals surface area contributed by atoms with Crippen LogP contribution in [0.25, 0.3) is 0 Å². The lowest BCUT2D eigenvalue weighted by Gasteiger charge is -2.31. The van der Waals surface area contributed by atoms with Gasteiger partial charge in [0.2, 0.25) is 0 Å². The molecule has 0 bridgehead atoms. The topological polar surface area (TPSA) is 89.5 Å². The van der Waals surface area contributed by atoms with Gasteiger partial charge in [-0.15, -0.1) is 0 Å². The first-order valence-corrected chi connectivity index (χ1v) is 8.26. The van der Waals surface area contributed by atoms with Gasteiger partial charge in [-0.2, -0.15) is 0 Å². The third-order valence-corrected chi connectivity index (χ3v) is 4.03. The molecule has 1 aliphatic heterocycles. The van der Waals surface area contributed by atoms with Gasteiger partial charge < -0.3 is 20.1 Å². The largest absolute Gasteiger partial charge is 0.496 e. The zero-order valence-electron chi connectivity index (χ0n) is 15.0. The second kappa shape index (κ2) is 7.03. The van der Waals surface area contributed by atoms with Crippen LogP contribution in [0.1, 0.15) is 36.2 Å². The standard InChI is InChI=1S/C19H21N3O4/c1-19(2)9-15(23)14-8-13(4-5-17(14)26-19)22-18(24)21-11-12-10-20-7-6-16(12)25-3/h4-8,10H,9,11H2,1-3H3,(H2,21,22,24). The maximum Gasteiger partial charge on any atom is 0.319 e.